The molecule has 1 aromatic carbocycles. The second-order valence-electron chi connectivity index (χ2n) is 3.36. The molecule has 0 aliphatic carbocycles. The SMILES string of the molecule is Cc1cc(-c2ncc[nH]2)cc(C)c1Br. The van der Waals surface area contributed by atoms with Crippen molar-refractivity contribution in [2.24, 2.45) is 0 Å². The number of nitrogens with one attached hydrogen (secondary N) is 1. The molecule has 2 nitrogen and oxygen atoms in total. The molecule has 0 saturated carbocycles. The Bertz CT molecular complexity index is 423. The molecule has 1 aromatic heterocycles. The fourth-order valence-corrected chi connectivity index (χ4v) is 1.73. The maximum atomic E-state index is 4.23. The summed E-state index contributed by atoms with van der Waals surface area (Å²) in [6.07, 6.45) is 3.60. The second kappa shape index (κ2) is 3.58. The lowest BCUT2D eigenvalue weighted by Gasteiger charge is -2.05. The van der Waals surface area contributed by atoms with Gasteiger partial charge in [0.15, 0.2) is 0 Å². The predicted octanol–water partition coefficient (Wildman–Crippen LogP) is 3.46. The topological polar surface area (TPSA) is 28.7 Å². The average Bonchev–Trinajstić information content (AvgIpc) is 2.66. The van der Waals surface area contributed by atoms with Crippen LogP contribution in [-0.4, -0.2) is 9.97 Å². The van der Waals surface area contributed by atoms with E-state index in [9.17, 15) is 0 Å². The van der Waals surface area contributed by atoms with Crippen molar-refractivity contribution in [2.75, 3.05) is 0 Å². The lowest BCUT2D eigenvalue weighted by Crippen LogP contribution is -1.86. The molecule has 0 bridgehead atoms. The zero-order chi connectivity index (χ0) is 10.1. The van der Waals surface area contributed by atoms with Crippen molar-refractivity contribution in [1.82, 2.24) is 9.97 Å². The Morgan fingerprint density at radius 3 is 2.36 bits per heavy atom. The molecule has 2 rings (SSSR count). The number of hydrogen-bond donors (Lipinski definition) is 1. The van der Waals surface area contributed by atoms with Crippen molar-refractivity contribution < 1.29 is 0 Å². The van der Waals surface area contributed by atoms with Gasteiger partial charge in [0.2, 0.25) is 0 Å². The Hall–Kier alpha value is -1.09. The van der Waals surface area contributed by atoms with Gasteiger partial charge in [-0.3, -0.25) is 0 Å². The molecule has 0 aliphatic rings. The highest BCUT2D eigenvalue weighted by Crippen LogP contribution is 2.26. The molecule has 2 aromatic rings. The number of rotatable bonds is 1. The Balaban J connectivity index is 2.57. The molecule has 14 heavy (non-hydrogen) atoms. The molecule has 0 fully saturated rings. The van der Waals surface area contributed by atoms with Crippen LogP contribution in [0.2, 0.25) is 0 Å². The summed E-state index contributed by atoms with van der Waals surface area (Å²) in [7, 11) is 0. The van der Waals surface area contributed by atoms with E-state index >= 15 is 0 Å². The van der Waals surface area contributed by atoms with E-state index in [1.54, 1.807) is 6.20 Å². The third kappa shape index (κ3) is 1.60. The smallest absolute Gasteiger partial charge is 0.137 e. The summed E-state index contributed by atoms with van der Waals surface area (Å²) >= 11 is 3.55. The van der Waals surface area contributed by atoms with Crippen LogP contribution in [0, 0.1) is 13.8 Å². The van der Waals surface area contributed by atoms with Gasteiger partial charge in [-0.1, -0.05) is 15.9 Å². The Labute approximate surface area is 91.5 Å². The van der Waals surface area contributed by atoms with Crippen LogP contribution >= 0.6 is 15.9 Å². The molecule has 3 heteroatoms. The van der Waals surface area contributed by atoms with Crippen molar-refractivity contribution in [1.29, 1.82) is 0 Å². The molecule has 0 spiro atoms. The van der Waals surface area contributed by atoms with Gasteiger partial charge in [-0.15, -0.1) is 0 Å². The van der Waals surface area contributed by atoms with Gasteiger partial charge in [0.1, 0.15) is 5.82 Å². The summed E-state index contributed by atoms with van der Waals surface area (Å²) in [5.41, 5.74) is 3.60. The number of imidazole rings is 1. The number of benzene rings is 1. The van der Waals surface area contributed by atoms with Crippen molar-refractivity contribution in [3.05, 3.63) is 40.1 Å². The van der Waals surface area contributed by atoms with Crippen LogP contribution in [0.15, 0.2) is 29.0 Å². The van der Waals surface area contributed by atoms with Gasteiger partial charge in [0.05, 0.1) is 0 Å². The van der Waals surface area contributed by atoms with Crippen LogP contribution < -0.4 is 0 Å². The Kier molecular flexibility index (Phi) is 2.42. The number of aromatic amines is 1. The molecular weight excluding hydrogens is 240 g/mol. The second-order valence-corrected chi connectivity index (χ2v) is 4.15. The lowest BCUT2D eigenvalue weighted by molar-refractivity contribution is 1.27. The van der Waals surface area contributed by atoms with Crippen molar-refractivity contribution in [2.45, 2.75) is 13.8 Å². The number of hydrogen-bond acceptors (Lipinski definition) is 1. The number of aryl methyl sites for hydroxylation is 2. The zero-order valence-electron chi connectivity index (χ0n) is 8.13. The number of aromatic nitrogens is 2. The minimum atomic E-state index is 0.920. The summed E-state index contributed by atoms with van der Waals surface area (Å²) in [5, 5.41) is 0. The summed E-state index contributed by atoms with van der Waals surface area (Å²) < 4.78 is 1.17. The predicted molar refractivity (Wildman–Crippen MR) is 61.2 cm³/mol. The van der Waals surface area contributed by atoms with E-state index in [1.165, 1.54) is 15.6 Å². The van der Waals surface area contributed by atoms with Gasteiger partial charge in [-0.2, -0.15) is 0 Å². The standard InChI is InChI=1S/C11H11BrN2/c1-7-5-9(6-8(2)10(7)12)11-13-3-4-14-11/h3-6H,1-2H3,(H,13,14). The molecule has 0 radical (unpaired) electrons. The summed E-state index contributed by atoms with van der Waals surface area (Å²) in [6, 6.07) is 4.24. The highest BCUT2D eigenvalue weighted by Gasteiger charge is 2.05. The molecule has 1 N–H and O–H groups in total. The quantitative estimate of drug-likeness (QED) is 0.826. The third-order valence-electron chi connectivity index (χ3n) is 2.21. The van der Waals surface area contributed by atoms with Crippen LogP contribution in [0.4, 0.5) is 0 Å². The van der Waals surface area contributed by atoms with Gasteiger partial charge in [0.25, 0.3) is 0 Å². The van der Waals surface area contributed by atoms with Gasteiger partial charge < -0.3 is 4.98 Å². The Morgan fingerprint density at radius 2 is 1.86 bits per heavy atom. The van der Waals surface area contributed by atoms with E-state index in [2.05, 4.69) is 51.9 Å². The first kappa shape index (κ1) is 9.46. The fraction of sp³-hybridized carbons (Fsp3) is 0.182. The van der Waals surface area contributed by atoms with Crippen molar-refractivity contribution in [3.8, 4) is 11.4 Å². The maximum Gasteiger partial charge on any atom is 0.137 e. The minimum Gasteiger partial charge on any atom is -0.345 e. The normalized spacial score (nSPS) is 10.5. The van der Waals surface area contributed by atoms with E-state index in [0.717, 1.165) is 11.4 Å². The highest BCUT2D eigenvalue weighted by atomic mass is 79.9. The van der Waals surface area contributed by atoms with Gasteiger partial charge >= 0.3 is 0 Å². The number of halogens is 1. The number of H-pyrrole nitrogens is 1. The van der Waals surface area contributed by atoms with Crippen LogP contribution in [0.25, 0.3) is 11.4 Å². The molecule has 0 atom stereocenters. The molecule has 1 heterocycles. The maximum absolute atomic E-state index is 4.23. The van der Waals surface area contributed by atoms with E-state index in [1.807, 2.05) is 6.20 Å². The van der Waals surface area contributed by atoms with Crippen LogP contribution in [-0.2, 0) is 0 Å². The highest BCUT2D eigenvalue weighted by molar-refractivity contribution is 9.10. The monoisotopic (exact) mass is 250 g/mol. The average molecular weight is 251 g/mol. The summed E-state index contributed by atoms with van der Waals surface area (Å²) in [5.74, 6) is 0.920. The first-order valence-corrected chi connectivity index (χ1v) is 5.24. The molecular formula is C11H11BrN2. The van der Waals surface area contributed by atoms with Crippen LogP contribution in [0.5, 0.6) is 0 Å². The first-order valence-electron chi connectivity index (χ1n) is 4.45. The first-order chi connectivity index (χ1) is 6.68. The van der Waals surface area contributed by atoms with Gasteiger partial charge in [-0.05, 0) is 37.1 Å². The molecule has 0 amide bonds. The van der Waals surface area contributed by atoms with Crippen molar-refractivity contribution in [3.63, 3.8) is 0 Å². The minimum absolute atomic E-state index is 0.920. The van der Waals surface area contributed by atoms with Crippen LogP contribution in [0.3, 0.4) is 0 Å². The molecule has 0 aliphatic heterocycles. The zero-order valence-corrected chi connectivity index (χ0v) is 9.72. The van der Waals surface area contributed by atoms with E-state index in [-0.39, 0.29) is 0 Å². The third-order valence-corrected chi connectivity index (χ3v) is 3.46. The summed E-state index contributed by atoms with van der Waals surface area (Å²) in [6.45, 7) is 4.17. The molecule has 72 valence electrons. The largest absolute Gasteiger partial charge is 0.345 e. The van der Waals surface area contributed by atoms with Crippen LogP contribution in [0.1, 0.15) is 11.1 Å². The Morgan fingerprint density at radius 1 is 1.21 bits per heavy atom. The van der Waals surface area contributed by atoms with Crippen molar-refractivity contribution >= 4 is 15.9 Å². The summed E-state index contributed by atoms with van der Waals surface area (Å²) in [4.78, 5) is 7.33. The van der Waals surface area contributed by atoms with E-state index < -0.39 is 0 Å². The fourth-order valence-electron chi connectivity index (χ4n) is 1.51. The van der Waals surface area contributed by atoms with E-state index in [4.69, 9.17) is 0 Å². The lowest BCUT2D eigenvalue weighted by atomic mass is 10.1. The number of nitrogens with zero attached hydrogens (tertiary/aromatic N) is 1. The van der Waals surface area contributed by atoms with Gasteiger partial charge in [-0.25, -0.2) is 4.98 Å². The van der Waals surface area contributed by atoms with E-state index in [0.29, 0.717) is 0 Å². The molecule has 0 saturated heterocycles. The van der Waals surface area contributed by atoms with Gasteiger partial charge in [0, 0.05) is 22.4 Å². The molecule has 0 unspecified atom stereocenters.